The maximum Gasteiger partial charge on any atom is 0.234 e. The van der Waals surface area contributed by atoms with Gasteiger partial charge < -0.3 is 5.32 Å². The summed E-state index contributed by atoms with van der Waals surface area (Å²) in [6, 6.07) is 28.7. The summed E-state index contributed by atoms with van der Waals surface area (Å²) in [4.78, 5) is 17.3. The van der Waals surface area contributed by atoms with Gasteiger partial charge in [0, 0.05) is 20.6 Å². The normalized spacial score (nSPS) is 10.5. The average Bonchev–Trinajstić information content (AvgIpc) is 2.84. The highest BCUT2D eigenvalue weighted by Gasteiger charge is 2.17. The van der Waals surface area contributed by atoms with E-state index in [9.17, 15) is 10.1 Å². The van der Waals surface area contributed by atoms with E-state index in [1.165, 1.54) is 11.8 Å². The van der Waals surface area contributed by atoms with Gasteiger partial charge in [-0.05, 0) is 51.8 Å². The molecule has 1 amide bonds. The van der Waals surface area contributed by atoms with Gasteiger partial charge in [-0.25, -0.2) is 4.98 Å². The fourth-order valence-electron chi connectivity index (χ4n) is 3.23. The van der Waals surface area contributed by atoms with Crippen LogP contribution in [0.25, 0.3) is 22.4 Å². The Labute approximate surface area is 209 Å². The Balaban J connectivity index is 1.69. The van der Waals surface area contributed by atoms with E-state index in [0.29, 0.717) is 27.0 Å². The third kappa shape index (κ3) is 5.63. The summed E-state index contributed by atoms with van der Waals surface area (Å²) in [5, 5.41) is 14.0. The van der Waals surface area contributed by atoms with Crippen molar-refractivity contribution < 1.29 is 4.79 Å². The topological polar surface area (TPSA) is 65.8 Å². The predicted molar refractivity (Wildman–Crippen MR) is 138 cm³/mol. The van der Waals surface area contributed by atoms with Crippen LogP contribution in [0.3, 0.4) is 0 Å². The number of halogens is 2. The number of anilines is 1. The molecule has 33 heavy (non-hydrogen) atoms. The van der Waals surface area contributed by atoms with Crippen LogP contribution in [0, 0.1) is 11.3 Å². The van der Waals surface area contributed by atoms with Gasteiger partial charge in [0.15, 0.2) is 0 Å². The van der Waals surface area contributed by atoms with Gasteiger partial charge in [0.2, 0.25) is 5.91 Å². The molecule has 0 atom stereocenters. The van der Waals surface area contributed by atoms with Crippen LogP contribution in [-0.4, -0.2) is 16.6 Å². The van der Waals surface area contributed by atoms with E-state index in [-0.39, 0.29) is 11.7 Å². The number of hydrogen-bond donors (Lipinski definition) is 1. The molecule has 0 spiro atoms. The van der Waals surface area contributed by atoms with Gasteiger partial charge in [0.1, 0.15) is 11.1 Å². The molecular weight excluding hydrogens is 518 g/mol. The van der Waals surface area contributed by atoms with Crippen LogP contribution in [0.5, 0.6) is 0 Å². The average molecular weight is 535 g/mol. The van der Waals surface area contributed by atoms with E-state index in [0.717, 1.165) is 21.2 Å². The quantitative estimate of drug-likeness (QED) is 0.261. The standard InChI is InChI=1S/C26H17BrClN3OS/c27-22-8-4-5-9-23(22)30-25(32)16-33-26-21(15-29)20(17-6-2-1-3-7-17)14-24(31-26)18-10-12-19(28)13-11-18/h1-14H,16H2,(H,30,32). The molecular formula is C26H17BrClN3OS. The first-order valence-electron chi connectivity index (χ1n) is 9.99. The van der Waals surface area contributed by atoms with E-state index < -0.39 is 0 Å². The summed E-state index contributed by atoms with van der Waals surface area (Å²) < 4.78 is 0.801. The molecule has 4 nitrogen and oxygen atoms in total. The first kappa shape index (κ1) is 23.1. The lowest BCUT2D eigenvalue weighted by atomic mass is 9.99. The molecule has 1 N–H and O–H groups in total. The molecule has 0 radical (unpaired) electrons. The Kier molecular flexibility index (Phi) is 7.46. The molecule has 0 aliphatic heterocycles. The minimum atomic E-state index is -0.184. The number of para-hydroxylation sites is 1. The first-order chi connectivity index (χ1) is 16.0. The number of benzene rings is 3. The number of rotatable bonds is 6. The lowest BCUT2D eigenvalue weighted by Crippen LogP contribution is -2.14. The number of nitrogens with zero attached hydrogens (tertiary/aromatic N) is 2. The second-order valence-electron chi connectivity index (χ2n) is 7.04. The number of hydrogen-bond acceptors (Lipinski definition) is 4. The molecule has 1 aromatic heterocycles. The number of pyridine rings is 1. The van der Waals surface area contributed by atoms with Crippen LogP contribution in [0.1, 0.15) is 5.56 Å². The zero-order valence-electron chi connectivity index (χ0n) is 17.3. The molecule has 4 rings (SSSR count). The lowest BCUT2D eigenvalue weighted by molar-refractivity contribution is -0.113. The van der Waals surface area contributed by atoms with Gasteiger partial charge in [-0.2, -0.15) is 5.26 Å². The van der Waals surface area contributed by atoms with Gasteiger partial charge >= 0.3 is 0 Å². The maximum atomic E-state index is 12.6. The number of aromatic nitrogens is 1. The Hall–Kier alpha value is -3.11. The summed E-state index contributed by atoms with van der Waals surface area (Å²) in [7, 11) is 0. The number of amides is 1. The third-order valence-electron chi connectivity index (χ3n) is 4.81. The molecule has 0 saturated heterocycles. The molecule has 7 heteroatoms. The van der Waals surface area contributed by atoms with E-state index >= 15 is 0 Å². The van der Waals surface area contributed by atoms with Gasteiger partial charge in [0.25, 0.3) is 0 Å². The fraction of sp³-hybridized carbons (Fsp3) is 0.0385. The van der Waals surface area contributed by atoms with E-state index in [1.54, 1.807) is 12.1 Å². The summed E-state index contributed by atoms with van der Waals surface area (Å²) in [6.07, 6.45) is 0. The number of carbonyl (C=O) groups excluding carboxylic acids is 1. The van der Waals surface area contributed by atoms with Gasteiger partial charge in [-0.1, -0.05) is 78.0 Å². The van der Waals surface area contributed by atoms with Crippen molar-refractivity contribution in [3.05, 3.63) is 100.0 Å². The van der Waals surface area contributed by atoms with E-state index in [2.05, 4.69) is 27.3 Å². The van der Waals surface area contributed by atoms with Gasteiger partial charge in [-0.15, -0.1) is 0 Å². The number of nitriles is 1. The Morgan fingerprint density at radius 2 is 1.70 bits per heavy atom. The number of nitrogens with one attached hydrogen (secondary N) is 1. The van der Waals surface area contributed by atoms with Crippen molar-refractivity contribution in [3.8, 4) is 28.5 Å². The molecule has 0 fully saturated rings. The summed E-state index contributed by atoms with van der Waals surface area (Å²) in [6.45, 7) is 0. The smallest absolute Gasteiger partial charge is 0.234 e. The highest BCUT2D eigenvalue weighted by molar-refractivity contribution is 9.10. The van der Waals surface area contributed by atoms with Crippen LogP contribution in [-0.2, 0) is 4.79 Å². The van der Waals surface area contributed by atoms with Crippen molar-refractivity contribution in [2.24, 2.45) is 0 Å². The minimum Gasteiger partial charge on any atom is -0.324 e. The second-order valence-corrected chi connectivity index (χ2v) is 9.29. The number of thioether (sulfide) groups is 1. The molecule has 3 aromatic carbocycles. The van der Waals surface area contributed by atoms with Gasteiger partial charge in [-0.3, -0.25) is 4.79 Å². The molecule has 0 saturated carbocycles. The molecule has 0 aliphatic carbocycles. The summed E-state index contributed by atoms with van der Waals surface area (Å²) >= 11 is 10.7. The zero-order valence-corrected chi connectivity index (χ0v) is 20.4. The molecule has 0 aliphatic rings. The Bertz CT molecular complexity index is 1340. The Morgan fingerprint density at radius 1 is 1.00 bits per heavy atom. The molecule has 0 bridgehead atoms. The van der Waals surface area contributed by atoms with E-state index in [1.807, 2.05) is 72.8 Å². The van der Waals surface area contributed by atoms with Crippen LogP contribution >= 0.6 is 39.3 Å². The van der Waals surface area contributed by atoms with Crippen molar-refractivity contribution in [1.82, 2.24) is 4.98 Å². The molecule has 4 aromatic rings. The maximum absolute atomic E-state index is 12.6. The molecule has 1 heterocycles. The van der Waals surface area contributed by atoms with E-state index in [4.69, 9.17) is 16.6 Å². The lowest BCUT2D eigenvalue weighted by Gasteiger charge is -2.13. The van der Waals surface area contributed by atoms with Crippen LogP contribution in [0.15, 0.2) is 94.4 Å². The SMILES string of the molecule is N#Cc1c(-c2ccccc2)cc(-c2ccc(Cl)cc2)nc1SCC(=O)Nc1ccccc1Br. The second kappa shape index (κ2) is 10.7. The van der Waals surface area contributed by atoms with Crippen molar-refractivity contribution in [1.29, 1.82) is 5.26 Å². The molecule has 162 valence electrons. The Morgan fingerprint density at radius 3 is 2.39 bits per heavy atom. The van der Waals surface area contributed by atoms with Crippen LogP contribution < -0.4 is 5.32 Å². The van der Waals surface area contributed by atoms with Crippen molar-refractivity contribution >= 4 is 50.9 Å². The highest BCUT2D eigenvalue weighted by atomic mass is 79.9. The minimum absolute atomic E-state index is 0.112. The predicted octanol–water partition coefficient (Wildman–Crippen LogP) is 7.43. The van der Waals surface area contributed by atoms with Crippen LogP contribution in [0.2, 0.25) is 5.02 Å². The molecule has 0 unspecified atom stereocenters. The van der Waals surface area contributed by atoms with Crippen molar-refractivity contribution in [3.63, 3.8) is 0 Å². The van der Waals surface area contributed by atoms with Crippen LogP contribution in [0.4, 0.5) is 5.69 Å². The van der Waals surface area contributed by atoms with Crippen molar-refractivity contribution in [2.75, 3.05) is 11.1 Å². The largest absolute Gasteiger partial charge is 0.324 e. The third-order valence-corrected chi connectivity index (χ3v) is 6.73. The zero-order chi connectivity index (χ0) is 23.2. The monoisotopic (exact) mass is 533 g/mol. The van der Waals surface area contributed by atoms with Gasteiger partial charge in [0.05, 0.1) is 22.7 Å². The van der Waals surface area contributed by atoms with Crippen molar-refractivity contribution in [2.45, 2.75) is 5.03 Å². The fourth-order valence-corrected chi connectivity index (χ4v) is 4.54. The summed E-state index contributed by atoms with van der Waals surface area (Å²) in [5.74, 6) is -0.0721. The highest BCUT2D eigenvalue weighted by Crippen LogP contribution is 2.34. The summed E-state index contributed by atoms with van der Waals surface area (Å²) in [5.41, 5.74) is 4.39. The first-order valence-corrected chi connectivity index (χ1v) is 12.1. The number of carbonyl (C=O) groups is 1.